The Morgan fingerprint density at radius 3 is 2.15 bits per heavy atom. The summed E-state index contributed by atoms with van der Waals surface area (Å²) in [5, 5.41) is 3.19. The number of benzene rings is 3. The molecule has 0 saturated heterocycles. The number of carbonyl (C=O) groups is 2. The van der Waals surface area contributed by atoms with Gasteiger partial charge in [0.2, 0.25) is 11.8 Å². The molecule has 1 N–H and O–H groups in total. The Morgan fingerprint density at radius 1 is 0.891 bits per heavy atom. The smallest absolute Gasteiger partial charge is 0.264 e. The molecule has 0 bridgehead atoms. The minimum absolute atomic E-state index is 0.0513. The number of ether oxygens (including phenoxy) is 2. The number of nitrogens with zero attached hydrogens (tertiary/aromatic N) is 2. The van der Waals surface area contributed by atoms with Crippen molar-refractivity contribution in [1.29, 1.82) is 0 Å². The molecular weight excluding hydrogens is 602 g/mol. The summed E-state index contributed by atoms with van der Waals surface area (Å²) in [5.74, 6) is -0.0503. The van der Waals surface area contributed by atoms with E-state index in [2.05, 4.69) is 5.32 Å². The van der Waals surface area contributed by atoms with Crippen LogP contribution in [0.4, 0.5) is 5.69 Å². The molecular formula is C36H47N3O6S. The molecule has 0 spiro atoms. The van der Waals surface area contributed by atoms with Crippen LogP contribution in [0.3, 0.4) is 0 Å². The number of amides is 2. The molecule has 3 aromatic carbocycles. The van der Waals surface area contributed by atoms with Crippen LogP contribution in [0, 0.1) is 20.8 Å². The summed E-state index contributed by atoms with van der Waals surface area (Å²) in [5.41, 5.74) is 3.93. The maximum absolute atomic E-state index is 14.5. The van der Waals surface area contributed by atoms with Gasteiger partial charge in [-0.25, -0.2) is 8.42 Å². The molecule has 9 nitrogen and oxygen atoms in total. The van der Waals surface area contributed by atoms with E-state index in [1.54, 1.807) is 17.0 Å². The lowest BCUT2D eigenvalue weighted by Gasteiger charge is -2.35. The Kier molecular flexibility index (Phi) is 11.7. The van der Waals surface area contributed by atoms with Crippen LogP contribution >= 0.6 is 0 Å². The lowest BCUT2D eigenvalue weighted by atomic mass is 9.95. The van der Waals surface area contributed by atoms with Crippen molar-refractivity contribution in [3.05, 3.63) is 82.9 Å². The first-order chi connectivity index (χ1) is 22.0. The summed E-state index contributed by atoms with van der Waals surface area (Å²) in [6, 6.07) is 16.8. The quantitative estimate of drug-likeness (QED) is 0.241. The van der Waals surface area contributed by atoms with Gasteiger partial charge >= 0.3 is 0 Å². The molecule has 1 aliphatic carbocycles. The monoisotopic (exact) mass is 649 g/mol. The molecule has 0 radical (unpaired) electrons. The van der Waals surface area contributed by atoms with Gasteiger partial charge in [-0.2, -0.15) is 0 Å². The van der Waals surface area contributed by atoms with Crippen molar-refractivity contribution in [1.82, 2.24) is 10.2 Å². The molecule has 1 atom stereocenters. The Bertz CT molecular complexity index is 1610. The second-order valence-electron chi connectivity index (χ2n) is 12.1. The highest BCUT2D eigenvalue weighted by atomic mass is 32.2. The minimum Gasteiger partial charge on any atom is -0.493 e. The predicted octanol–water partition coefficient (Wildman–Crippen LogP) is 6.08. The van der Waals surface area contributed by atoms with E-state index < -0.39 is 28.5 Å². The number of aryl methyl sites for hydroxylation is 3. The summed E-state index contributed by atoms with van der Waals surface area (Å²) < 4.78 is 40.7. The first-order valence-electron chi connectivity index (χ1n) is 16.0. The van der Waals surface area contributed by atoms with Gasteiger partial charge in [0.15, 0.2) is 11.5 Å². The number of hydrogen-bond donors (Lipinski definition) is 1. The fraction of sp³-hybridized carbons (Fsp3) is 0.444. The van der Waals surface area contributed by atoms with Crippen molar-refractivity contribution in [3.8, 4) is 11.5 Å². The van der Waals surface area contributed by atoms with Gasteiger partial charge in [0, 0.05) is 18.7 Å². The predicted molar refractivity (Wildman–Crippen MR) is 181 cm³/mol. The molecule has 0 heterocycles. The molecule has 4 rings (SSSR count). The Labute approximate surface area is 273 Å². The molecule has 2 amide bonds. The van der Waals surface area contributed by atoms with E-state index in [1.807, 2.05) is 58.0 Å². The highest BCUT2D eigenvalue weighted by Crippen LogP contribution is 2.33. The van der Waals surface area contributed by atoms with Gasteiger partial charge in [0.05, 0.1) is 24.8 Å². The Morgan fingerprint density at radius 2 is 1.54 bits per heavy atom. The van der Waals surface area contributed by atoms with E-state index >= 15 is 0 Å². The van der Waals surface area contributed by atoms with Crippen molar-refractivity contribution in [2.24, 2.45) is 0 Å². The topological polar surface area (TPSA) is 105 Å². The molecule has 1 aliphatic rings. The molecule has 0 aromatic heterocycles. The maximum atomic E-state index is 14.5. The highest BCUT2D eigenvalue weighted by molar-refractivity contribution is 7.92. The van der Waals surface area contributed by atoms with Crippen molar-refractivity contribution in [3.63, 3.8) is 0 Å². The minimum atomic E-state index is -4.28. The molecule has 46 heavy (non-hydrogen) atoms. The maximum Gasteiger partial charge on any atom is 0.264 e. The number of rotatable bonds is 13. The van der Waals surface area contributed by atoms with Crippen LogP contribution in [-0.2, 0) is 26.2 Å². The van der Waals surface area contributed by atoms with Crippen molar-refractivity contribution in [2.45, 2.75) is 89.7 Å². The van der Waals surface area contributed by atoms with Crippen molar-refractivity contribution in [2.75, 3.05) is 25.1 Å². The molecule has 1 unspecified atom stereocenters. The fourth-order valence-corrected chi connectivity index (χ4v) is 7.58. The lowest BCUT2D eigenvalue weighted by molar-refractivity contribution is -0.140. The third-order valence-corrected chi connectivity index (χ3v) is 10.4. The molecule has 1 saturated carbocycles. The molecule has 3 aromatic rings. The van der Waals surface area contributed by atoms with E-state index in [-0.39, 0.29) is 29.1 Å². The first kappa shape index (κ1) is 34.8. The third kappa shape index (κ3) is 8.20. The van der Waals surface area contributed by atoms with Crippen molar-refractivity contribution < 1.29 is 27.5 Å². The average molecular weight is 650 g/mol. The largest absolute Gasteiger partial charge is 0.493 e. The lowest BCUT2D eigenvalue weighted by Crippen LogP contribution is -2.54. The summed E-state index contributed by atoms with van der Waals surface area (Å²) >= 11 is 0. The third-order valence-electron chi connectivity index (χ3n) is 8.66. The summed E-state index contributed by atoms with van der Waals surface area (Å²) in [6.45, 7) is 7.27. The number of anilines is 1. The molecule has 248 valence electrons. The normalized spacial score (nSPS) is 14.3. The number of hydrogen-bond acceptors (Lipinski definition) is 6. The van der Waals surface area contributed by atoms with Crippen molar-refractivity contribution >= 4 is 27.5 Å². The van der Waals surface area contributed by atoms with E-state index in [1.165, 1.54) is 32.4 Å². The van der Waals surface area contributed by atoms with E-state index in [0.717, 1.165) is 58.7 Å². The van der Waals surface area contributed by atoms with Crippen LogP contribution in [0.2, 0.25) is 0 Å². The standard InChI is InChI=1S/C36H47N3O6S/c1-7-32(36(41)37-29-15-9-8-10-16-29)38(23-28-14-12-11-13-27(28)4)35(40)24-39(30-20-25(2)19-26(3)21-30)46(42,43)31-17-18-33(44-5)34(22-31)45-6/h11-14,17-22,29,32H,7-10,15-16,23-24H2,1-6H3,(H,37,41). The van der Waals surface area contributed by atoms with E-state index in [0.29, 0.717) is 17.9 Å². The summed E-state index contributed by atoms with van der Waals surface area (Å²) in [4.78, 5) is 29.8. The summed E-state index contributed by atoms with van der Waals surface area (Å²) in [7, 11) is -1.37. The van der Waals surface area contributed by atoms with E-state index in [4.69, 9.17) is 9.47 Å². The zero-order valence-corrected chi connectivity index (χ0v) is 28.7. The molecule has 10 heteroatoms. The highest BCUT2D eigenvalue weighted by Gasteiger charge is 2.35. The van der Waals surface area contributed by atoms with Crippen LogP contribution in [0.5, 0.6) is 11.5 Å². The van der Waals surface area contributed by atoms with Gasteiger partial charge in [0.25, 0.3) is 10.0 Å². The second kappa shape index (κ2) is 15.5. The van der Waals surface area contributed by atoms with Gasteiger partial charge < -0.3 is 19.7 Å². The zero-order chi connectivity index (χ0) is 33.4. The van der Waals surface area contributed by atoms with Gasteiger partial charge in [-0.15, -0.1) is 0 Å². The van der Waals surface area contributed by atoms with Crippen LogP contribution in [-0.4, -0.2) is 58.0 Å². The van der Waals surface area contributed by atoms with Gasteiger partial charge in [-0.05, 0) is 86.6 Å². The molecule has 1 fully saturated rings. The van der Waals surface area contributed by atoms with Crippen LogP contribution in [0.25, 0.3) is 0 Å². The number of methoxy groups -OCH3 is 2. The van der Waals surface area contributed by atoms with Crippen LogP contribution < -0.4 is 19.1 Å². The zero-order valence-electron chi connectivity index (χ0n) is 27.8. The second-order valence-corrected chi connectivity index (χ2v) is 14.0. The molecule has 0 aliphatic heterocycles. The van der Waals surface area contributed by atoms with Gasteiger partial charge in [-0.1, -0.05) is 56.5 Å². The number of nitrogens with one attached hydrogen (secondary N) is 1. The van der Waals surface area contributed by atoms with E-state index in [9.17, 15) is 18.0 Å². The average Bonchev–Trinajstić information content (AvgIpc) is 3.03. The fourth-order valence-electron chi connectivity index (χ4n) is 6.16. The van der Waals surface area contributed by atoms with Gasteiger partial charge in [0.1, 0.15) is 12.6 Å². The number of carbonyl (C=O) groups excluding carboxylic acids is 2. The van der Waals surface area contributed by atoms with Gasteiger partial charge in [-0.3, -0.25) is 13.9 Å². The van der Waals surface area contributed by atoms with Crippen LogP contribution in [0.1, 0.15) is 67.7 Å². The van der Waals surface area contributed by atoms with Crippen LogP contribution in [0.15, 0.2) is 65.6 Å². The first-order valence-corrected chi connectivity index (χ1v) is 17.4. The summed E-state index contributed by atoms with van der Waals surface area (Å²) in [6.07, 6.45) is 5.49. The number of sulfonamides is 1. The Hall–Kier alpha value is -4.05. The Balaban J connectivity index is 1.77. The SMILES string of the molecule is CCC(C(=O)NC1CCCCC1)N(Cc1ccccc1C)C(=O)CN(c1cc(C)cc(C)c1)S(=O)(=O)c1ccc(OC)c(OC)c1.